The van der Waals surface area contributed by atoms with Gasteiger partial charge in [0.15, 0.2) is 0 Å². The van der Waals surface area contributed by atoms with Gasteiger partial charge in [0.2, 0.25) is 10.0 Å². The van der Waals surface area contributed by atoms with Crippen molar-refractivity contribution < 1.29 is 13.2 Å². The Morgan fingerprint density at radius 2 is 1.57 bits per heavy atom. The lowest BCUT2D eigenvalue weighted by Crippen LogP contribution is -2.41. The van der Waals surface area contributed by atoms with Crippen molar-refractivity contribution in [2.24, 2.45) is 5.92 Å². The molecular weight excluding hydrogens is 398 g/mol. The molecule has 7 heteroatoms. The van der Waals surface area contributed by atoms with Crippen LogP contribution in [0.15, 0.2) is 24.3 Å². The van der Waals surface area contributed by atoms with Crippen molar-refractivity contribution in [3.63, 3.8) is 0 Å². The topological polar surface area (TPSA) is 87.3 Å². The minimum absolute atomic E-state index is 0.0237. The molecule has 30 heavy (non-hydrogen) atoms. The lowest BCUT2D eigenvalue weighted by atomic mass is 9.86. The first-order chi connectivity index (χ1) is 14.3. The molecule has 6 nitrogen and oxygen atoms in total. The van der Waals surface area contributed by atoms with Gasteiger partial charge in [-0.1, -0.05) is 19.3 Å². The number of rotatable bonds is 8. The Morgan fingerprint density at radius 1 is 0.933 bits per heavy atom. The number of benzene rings is 1. The van der Waals surface area contributed by atoms with Crippen molar-refractivity contribution in [1.82, 2.24) is 10.0 Å². The fraction of sp³-hybridized carbons (Fsp3) is 0.696. The summed E-state index contributed by atoms with van der Waals surface area (Å²) in [5, 5.41) is 6.25. The molecule has 0 radical (unpaired) electrons. The first-order valence-corrected chi connectivity index (χ1v) is 13.0. The van der Waals surface area contributed by atoms with E-state index < -0.39 is 10.0 Å². The number of anilines is 1. The number of amides is 1. The molecule has 0 aliphatic heterocycles. The molecule has 3 N–H and O–H groups in total. The van der Waals surface area contributed by atoms with Crippen LogP contribution in [0.1, 0.15) is 82.0 Å². The van der Waals surface area contributed by atoms with Crippen LogP contribution in [0.5, 0.6) is 0 Å². The summed E-state index contributed by atoms with van der Waals surface area (Å²) in [6.07, 6.45) is 9.68. The van der Waals surface area contributed by atoms with Crippen molar-refractivity contribution in [2.75, 3.05) is 11.9 Å². The van der Waals surface area contributed by atoms with Crippen LogP contribution in [-0.2, 0) is 10.0 Å². The molecule has 0 aromatic heterocycles. The molecule has 2 aliphatic carbocycles. The van der Waals surface area contributed by atoms with Crippen LogP contribution in [0.4, 0.5) is 5.69 Å². The van der Waals surface area contributed by atoms with Crippen LogP contribution in [0.2, 0.25) is 0 Å². The zero-order valence-corrected chi connectivity index (χ0v) is 19.1. The number of carbonyl (C=O) groups excluding carboxylic acids is 1. The molecule has 0 unspecified atom stereocenters. The lowest BCUT2D eigenvalue weighted by Gasteiger charge is -2.29. The zero-order chi connectivity index (χ0) is 21.6. The fourth-order valence-electron chi connectivity index (χ4n) is 4.37. The molecule has 2 saturated carbocycles. The summed E-state index contributed by atoms with van der Waals surface area (Å²) in [4.78, 5) is 12.4. The van der Waals surface area contributed by atoms with Crippen LogP contribution < -0.4 is 15.4 Å². The lowest BCUT2D eigenvalue weighted by molar-refractivity contribution is 0.0927. The van der Waals surface area contributed by atoms with Crippen LogP contribution in [-0.4, -0.2) is 38.2 Å². The molecule has 0 heterocycles. The number of sulfonamides is 1. The maximum Gasteiger partial charge on any atom is 0.251 e. The van der Waals surface area contributed by atoms with E-state index >= 15 is 0 Å². The maximum absolute atomic E-state index is 12.4. The van der Waals surface area contributed by atoms with Gasteiger partial charge in [-0.3, -0.25) is 4.79 Å². The van der Waals surface area contributed by atoms with Gasteiger partial charge in [0.1, 0.15) is 0 Å². The van der Waals surface area contributed by atoms with E-state index in [0.717, 1.165) is 50.8 Å². The van der Waals surface area contributed by atoms with Crippen LogP contribution >= 0.6 is 0 Å². The van der Waals surface area contributed by atoms with Gasteiger partial charge < -0.3 is 10.6 Å². The van der Waals surface area contributed by atoms with Gasteiger partial charge in [-0.2, -0.15) is 0 Å². The molecule has 0 saturated heterocycles. The van der Waals surface area contributed by atoms with E-state index in [-0.39, 0.29) is 17.2 Å². The van der Waals surface area contributed by atoms with Gasteiger partial charge in [-0.25, -0.2) is 13.1 Å². The minimum Gasteiger partial charge on any atom is -0.385 e. The van der Waals surface area contributed by atoms with Gasteiger partial charge in [0.25, 0.3) is 5.91 Å². The minimum atomic E-state index is -3.19. The monoisotopic (exact) mass is 435 g/mol. The van der Waals surface area contributed by atoms with E-state index in [1.165, 1.54) is 19.3 Å². The van der Waals surface area contributed by atoms with Crippen molar-refractivity contribution >= 4 is 21.6 Å². The first kappa shape index (κ1) is 23.1. The Bertz CT molecular complexity index is 778. The second-order valence-corrected chi connectivity index (χ2v) is 11.5. The average Bonchev–Trinajstić information content (AvgIpc) is 2.74. The third kappa shape index (κ3) is 6.71. The third-order valence-electron chi connectivity index (χ3n) is 6.48. The summed E-state index contributed by atoms with van der Waals surface area (Å²) >= 11 is 0. The number of hydrogen-bond acceptors (Lipinski definition) is 4. The summed E-state index contributed by atoms with van der Waals surface area (Å²) in [7, 11) is -3.19. The van der Waals surface area contributed by atoms with Gasteiger partial charge in [-0.15, -0.1) is 0 Å². The Labute approximate surface area is 181 Å². The molecule has 1 aromatic rings. The molecule has 0 spiro atoms. The molecule has 3 rings (SSSR count). The van der Waals surface area contributed by atoms with Crippen molar-refractivity contribution in [3.05, 3.63) is 29.8 Å². The highest BCUT2D eigenvalue weighted by Gasteiger charge is 2.26. The van der Waals surface area contributed by atoms with E-state index in [0.29, 0.717) is 17.5 Å². The van der Waals surface area contributed by atoms with E-state index in [9.17, 15) is 13.2 Å². The highest BCUT2D eigenvalue weighted by molar-refractivity contribution is 7.90. The summed E-state index contributed by atoms with van der Waals surface area (Å²) in [6.45, 7) is 4.29. The summed E-state index contributed by atoms with van der Waals surface area (Å²) < 4.78 is 26.9. The molecular formula is C23H37N3O3S. The van der Waals surface area contributed by atoms with E-state index in [1.807, 2.05) is 24.3 Å². The first-order valence-electron chi connectivity index (χ1n) is 11.5. The summed E-state index contributed by atoms with van der Waals surface area (Å²) in [5.74, 6) is 0.565. The van der Waals surface area contributed by atoms with Gasteiger partial charge in [0, 0.05) is 29.9 Å². The molecule has 168 valence electrons. The van der Waals surface area contributed by atoms with Gasteiger partial charge >= 0.3 is 0 Å². The van der Waals surface area contributed by atoms with Crippen LogP contribution in [0, 0.1) is 5.92 Å². The Hall–Kier alpha value is -1.60. The van der Waals surface area contributed by atoms with Crippen LogP contribution in [0.3, 0.4) is 0 Å². The quantitative estimate of drug-likeness (QED) is 0.575. The number of carbonyl (C=O) groups is 1. The normalized spacial score (nSPS) is 23.3. The molecule has 2 aliphatic rings. The van der Waals surface area contributed by atoms with E-state index in [1.54, 1.807) is 13.8 Å². The van der Waals surface area contributed by atoms with Gasteiger partial charge in [-0.05, 0) is 82.6 Å². The second kappa shape index (κ2) is 10.6. The smallest absolute Gasteiger partial charge is 0.251 e. The number of nitrogens with one attached hydrogen (secondary N) is 3. The van der Waals surface area contributed by atoms with Crippen molar-refractivity contribution in [3.8, 4) is 0 Å². The van der Waals surface area contributed by atoms with Gasteiger partial charge in [0.05, 0.1) is 5.25 Å². The Kier molecular flexibility index (Phi) is 8.17. The SMILES string of the molecule is CC(C)S(=O)(=O)NC1CCC(CNc2ccc(C(=O)NC3CCCCC3)cc2)CC1. The average molecular weight is 436 g/mol. The molecule has 1 amide bonds. The standard InChI is InChI=1S/C23H37N3O3S/c1-17(2)30(28,29)26-22-12-8-18(9-13-22)16-24-20-14-10-19(11-15-20)23(27)25-21-6-4-3-5-7-21/h10-11,14-15,17-18,21-22,24,26H,3-9,12-13,16H2,1-2H3,(H,25,27). The highest BCUT2D eigenvalue weighted by Crippen LogP contribution is 2.26. The highest BCUT2D eigenvalue weighted by atomic mass is 32.2. The summed E-state index contributed by atoms with van der Waals surface area (Å²) in [6, 6.07) is 8.10. The fourth-order valence-corrected chi connectivity index (χ4v) is 5.34. The number of hydrogen-bond donors (Lipinski definition) is 3. The Balaban J connectivity index is 1.40. The maximum atomic E-state index is 12.4. The zero-order valence-electron chi connectivity index (χ0n) is 18.3. The van der Waals surface area contributed by atoms with Crippen molar-refractivity contribution in [1.29, 1.82) is 0 Å². The Morgan fingerprint density at radius 3 is 2.17 bits per heavy atom. The molecule has 1 aromatic carbocycles. The molecule has 0 atom stereocenters. The second-order valence-electron chi connectivity index (χ2n) is 9.20. The largest absolute Gasteiger partial charge is 0.385 e. The van der Waals surface area contributed by atoms with Crippen LogP contribution in [0.25, 0.3) is 0 Å². The predicted molar refractivity (Wildman–Crippen MR) is 122 cm³/mol. The third-order valence-corrected chi connectivity index (χ3v) is 8.38. The van der Waals surface area contributed by atoms with E-state index in [4.69, 9.17) is 0 Å². The predicted octanol–water partition coefficient (Wildman–Crippen LogP) is 4.05. The van der Waals surface area contributed by atoms with Crippen molar-refractivity contribution in [2.45, 2.75) is 89.0 Å². The molecule has 0 bridgehead atoms. The summed E-state index contributed by atoms with van der Waals surface area (Å²) in [5.41, 5.74) is 1.73. The van der Waals surface area contributed by atoms with E-state index in [2.05, 4.69) is 15.4 Å². The molecule has 2 fully saturated rings.